The van der Waals surface area contributed by atoms with Gasteiger partial charge in [0.1, 0.15) is 0 Å². The lowest BCUT2D eigenvalue weighted by atomic mass is 10.2. The van der Waals surface area contributed by atoms with Crippen molar-refractivity contribution in [3.05, 3.63) is 44.9 Å². The molecule has 2 aromatic heterocycles. The minimum atomic E-state index is 0.523. The van der Waals surface area contributed by atoms with E-state index in [4.69, 9.17) is 35.4 Å². The first-order valence-corrected chi connectivity index (χ1v) is 7.26. The van der Waals surface area contributed by atoms with Crippen molar-refractivity contribution in [1.82, 2.24) is 19.3 Å². The van der Waals surface area contributed by atoms with Crippen molar-refractivity contribution in [1.29, 1.82) is 0 Å². The van der Waals surface area contributed by atoms with E-state index in [1.165, 1.54) is 5.56 Å². The maximum atomic E-state index is 6.08. The number of aryl methyl sites for hydroxylation is 3. The molecule has 0 bridgehead atoms. The van der Waals surface area contributed by atoms with Crippen LogP contribution in [0.4, 0.5) is 0 Å². The van der Waals surface area contributed by atoms with Crippen LogP contribution in [-0.4, -0.2) is 19.3 Å². The van der Waals surface area contributed by atoms with E-state index in [1.807, 2.05) is 30.1 Å². The van der Waals surface area contributed by atoms with Gasteiger partial charge in [-0.1, -0.05) is 23.2 Å². The number of aromatic nitrogens is 4. The zero-order chi connectivity index (χ0) is 14.3. The first-order valence-electron chi connectivity index (χ1n) is 6.09. The van der Waals surface area contributed by atoms with E-state index in [0.29, 0.717) is 14.8 Å². The Morgan fingerprint density at radius 1 is 1.30 bits per heavy atom. The number of benzene rings is 1. The molecule has 0 fully saturated rings. The molecule has 0 unspecified atom stereocenters. The fourth-order valence-electron chi connectivity index (χ4n) is 2.22. The molecule has 0 aliphatic rings. The lowest BCUT2D eigenvalue weighted by molar-refractivity contribution is 0.705. The van der Waals surface area contributed by atoms with Gasteiger partial charge in [-0.25, -0.2) is 0 Å². The van der Waals surface area contributed by atoms with Crippen LogP contribution in [0.1, 0.15) is 5.56 Å². The third-order valence-corrected chi connectivity index (χ3v) is 4.24. The summed E-state index contributed by atoms with van der Waals surface area (Å²) in [6.45, 7) is 0.766. The molecule has 2 heterocycles. The molecule has 1 N–H and O–H groups in total. The van der Waals surface area contributed by atoms with Gasteiger partial charge in [0.2, 0.25) is 0 Å². The second kappa shape index (κ2) is 5.24. The lowest BCUT2D eigenvalue weighted by Crippen LogP contribution is -2.01. The van der Waals surface area contributed by atoms with E-state index in [9.17, 15) is 0 Å². The minimum absolute atomic E-state index is 0.523. The van der Waals surface area contributed by atoms with E-state index in [0.717, 1.165) is 24.0 Å². The summed E-state index contributed by atoms with van der Waals surface area (Å²) >= 11 is 17.5. The highest BCUT2D eigenvalue weighted by atomic mass is 35.5. The van der Waals surface area contributed by atoms with E-state index >= 15 is 0 Å². The molecule has 7 heteroatoms. The molecule has 1 aromatic carbocycles. The molecule has 3 aromatic rings. The van der Waals surface area contributed by atoms with E-state index < -0.39 is 0 Å². The van der Waals surface area contributed by atoms with Gasteiger partial charge in [-0.05, 0) is 36.3 Å². The van der Waals surface area contributed by atoms with Gasteiger partial charge in [-0.2, -0.15) is 5.10 Å². The van der Waals surface area contributed by atoms with Gasteiger partial charge < -0.3 is 9.55 Å². The Balaban J connectivity index is 1.96. The maximum absolute atomic E-state index is 6.08. The summed E-state index contributed by atoms with van der Waals surface area (Å²) in [5.41, 5.74) is 3.03. The van der Waals surface area contributed by atoms with Crippen molar-refractivity contribution in [2.45, 2.75) is 13.0 Å². The standard InChI is InChI=1S/C13H12Cl2N4S/c1-18-7-8(6-16-18)2-3-19-12-5-10(15)9(14)4-11(12)17-13(19)20/h4-7H,2-3H2,1H3,(H,17,20). The second-order valence-electron chi connectivity index (χ2n) is 4.64. The summed E-state index contributed by atoms with van der Waals surface area (Å²) in [6.07, 6.45) is 4.72. The number of hydrogen-bond donors (Lipinski definition) is 1. The Morgan fingerprint density at radius 3 is 2.75 bits per heavy atom. The highest BCUT2D eigenvalue weighted by Gasteiger charge is 2.08. The number of H-pyrrole nitrogens is 1. The fourth-order valence-corrected chi connectivity index (χ4v) is 2.84. The number of hydrogen-bond acceptors (Lipinski definition) is 2. The van der Waals surface area contributed by atoms with Crippen LogP contribution in [-0.2, 0) is 20.0 Å². The topological polar surface area (TPSA) is 38.5 Å². The van der Waals surface area contributed by atoms with E-state index in [1.54, 1.807) is 10.7 Å². The molecule has 0 saturated heterocycles. The Hall–Kier alpha value is -1.30. The number of rotatable bonds is 3. The summed E-state index contributed by atoms with van der Waals surface area (Å²) in [5, 5.41) is 5.22. The molecule has 0 radical (unpaired) electrons. The Labute approximate surface area is 130 Å². The molecule has 0 atom stereocenters. The number of nitrogens with zero attached hydrogens (tertiary/aromatic N) is 3. The van der Waals surface area contributed by atoms with E-state index in [-0.39, 0.29) is 0 Å². The zero-order valence-electron chi connectivity index (χ0n) is 10.7. The number of fused-ring (bicyclic) bond motifs is 1. The van der Waals surface area contributed by atoms with Crippen molar-refractivity contribution < 1.29 is 0 Å². The Morgan fingerprint density at radius 2 is 2.05 bits per heavy atom. The first-order chi connectivity index (χ1) is 9.54. The highest BCUT2D eigenvalue weighted by Crippen LogP contribution is 2.27. The van der Waals surface area contributed by atoms with Gasteiger partial charge in [0.05, 0.1) is 27.3 Å². The predicted octanol–water partition coefficient (Wildman–Crippen LogP) is 3.98. The summed E-state index contributed by atoms with van der Waals surface area (Å²) in [5.74, 6) is 0. The van der Waals surface area contributed by atoms with Gasteiger partial charge in [-0.3, -0.25) is 4.68 Å². The monoisotopic (exact) mass is 326 g/mol. The van der Waals surface area contributed by atoms with Crippen LogP contribution in [0.5, 0.6) is 0 Å². The Bertz CT molecular complexity index is 831. The lowest BCUT2D eigenvalue weighted by Gasteiger charge is -2.04. The van der Waals surface area contributed by atoms with Crippen LogP contribution in [0.15, 0.2) is 24.5 Å². The number of aromatic amines is 1. The molecular formula is C13H12Cl2N4S. The zero-order valence-corrected chi connectivity index (χ0v) is 13.1. The van der Waals surface area contributed by atoms with Crippen LogP contribution in [0, 0.1) is 4.77 Å². The summed E-state index contributed by atoms with van der Waals surface area (Å²) in [6, 6.07) is 3.64. The third kappa shape index (κ3) is 2.49. The Kier molecular flexibility index (Phi) is 3.58. The van der Waals surface area contributed by atoms with Crippen molar-refractivity contribution in [3.8, 4) is 0 Å². The molecule has 0 aliphatic carbocycles. The quantitative estimate of drug-likeness (QED) is 0.739. The minimum Gasteiger partial charge on any atom is -0.331 e. The smallest absolute Gasteiger partial charge is 0.178 e. The summed E-state index contributed by atoms with van der Waals surface area (Å²) < 4.78 is 4.49. The number of nitrogens with one attached hydrogen (secondary N) is 1. The fraction of sp³-hybridized carbons (Fsp3) is 0.231. The van der Waals surface area contributed by atoms with Crippen LogP contribution in [0.2, 0.25) is 10.0 Å². The van der Waals surface area contributed by atoms with Crippen molar-refractivity contribution >= 4 is 46.5 Å². The third-order valence-electron chi connectivity index (χ3n) is 3.20. The molecular weight excluding hydrogens is 315 g/mol. The first kappa shape index (κ1) is 13.7. The van der Waals surface area contributed by atoms with Gasteiger partial charge in [0.25, 0.3) is 0 Å². The maximum Gasteiger partial charge on any atom is 0.178 e. The summed E-state index contributed by atoms with van der Waals surface area (Å²) in [7, 11) is 1.91. The van der Waals surface area contributed by atoms with E-state index in [2.05, 4.69) is 10.1 Å². The highest BCUT2D eigenvalue weighted by molar-refractivity contribution is 7.71. The average molecular weight is 327 g/mol. The molecule has 0 saturated carbocycles. The summed E-state index contributed by atoms with van der Waals surface area (Å²) in [4.78, 5) is 3.15. The molecule has 0 amide bonds. The molecule has 20 heavy (non-hydrogen) atoms. The van der Waals surface area contributed by atoms with Gasteiger partial charge in [0.15, 0.2) is 4.77 Å². The van der Waals surface area contributed by atoms with Crippen LogP contribution < -0.4 is 0 Å². The molecule has 104 valence electrons. The molecule has 0 spiro atoms. The van der Waals surface area contributed by atoms with Crippen molar-refractivity contribution in [2.75, 3.05) is 0 Å². The number of halogens is 2. The molecule has 0 aliphatic heterocycles. The normalized spacial score (nSPS) is 11.3. The second-order valence-corrected chi connectivity index (χ2v) is 5.84. The van der Waals surface area contributed by atoms with Gasteiger partial charge >= 0.3 is 0 Å². The van der Waals surface area contributed by atoms with Crippen molar-refractivity contribution in [3.63, 3.8) is 0 Å². The predicted molar refractivity (Wildman–Crippen MR) is 84.1 cm³/mol. The van der Waals surface area contributed by atoms with Crippen molar-refractivity contribution in [2.24, 2.45) is 7.05 Å². The van der Waals surface area contributed by atoms with Crippen LogP contribution >= 0.6 is 35.4 Å². The molecule has 4 nitrogen and oxygen atoms in total. The van der Waals surface area contributed by atoms with Gasteiger partial charge in [-0.15, -0.1) is 0 Å². The van der Waals surface area contributed by atoms with Crippen LogP contribution in [0.3, 0.4) is 0 Å². The number of imidazole rings is 1. The largest absolute Gasteiger partial charge is 0.331 e. The molecule has 3 rings (SSSR count). The van der Waals surface area contributed by atoms with Crippen LogP contribution in [0.25, 0.3) is 11.0 Å². The van der Waals surface area contributed by atoms with Gasteiger partial charge in [0, 0.05) is 19.8 Å². The SMILES string of the molecule is Cn1cc(CCn2c(=S)[nH]c3cc(Cl)c(Cl)cc32)cn1. The average Bonchev–Trinajstić information content (AvgIpc) is 2.92.